The van der Waals surface area contributed by atoms with Crippen molar-refractivity contribution in [3.8, 4) is 5.75 Å². The van der Waals surface area contributed by atoms with E-state index in [-0.39, 0.29) is 0 Å². The monoisotopic (exact) mass is 334 g/mol. The summed E-state index contributed by atoms with van der Waals surface area (Å²) in [5.41, 5.74) is 3.65. The first-order chi connectivity index (χ1) is 12.3. The minimum Gasteiger partial charge on any atom is -0.506 e. The lowest BCUT2D eigenvalue weighted by Gasteiger charge is -2.30. The van der Waals surface area contributed by atoms with Crippen LogP contribution in [0.25, 0.3) is 10.9 Å². The van der Waals surface area contributed by atoms with Crippen LogP contribution in [0.1, 0.15) is 31.2 Å². The molecule has 2 heterocycles. The van der Waals surface area contributed by atoms with E-state index in [4.69, 9.17) is 0 Å². The second-order valence-corrected chi connectivity index (χ2v) is 7.01. The van der Waals surface area contributed by atoms with Gasteiger partial charge in [-0.15, -0.1) is 0 Å². The van der Waals surface area contributed by atoms with Crippen LogP contribution in [-0.4, -0.2) is 22.8 Å². The van der Waals surface area contributed by atoms with Crippen LogP contribution in [0.5, 0.6) is 5.75 Å². The number of benzene rings is 2. The highest BCUT2D eigenvalue weighted by Gasteiger charge is 2.18. The normalized spacial score (nSPS) is 15.0. The highest BCUT2D eigenvalue weighted by atomic mass is 16.3. The number of hydrogen-bond acceptors (Lipinski definition) is 2. The molecule has 0 atom stereocenters. The molecule has 3 heteroatoms. The van der Waals surface area contributed by atoms with Crippen LogP contribution in [0, 0.1) is 0 Å². The second kappa shape index (κ2) is 7.22. The standard InChI is InChI=1S/C22H26N2O/c25-21-12-11-20-19(22(21)24-14-5-2-6-15-24)13-17-23(20)16-7-10-18-8-3-1-4-9-18/h1,3-4,8-9,11-13,17,25H,2,5-7,10,14-16H2. The summed E-state index contributed by atoms with van der Waals surface area (Å²) in [5, 5.41) is 11.6. The topological polar surface area (TPSA) is 28.4 Å². The highest BCUT2D eigenvalue weighted by molar-refractivity contribution is 5.96. The summed E-state index contributed by atoms with van der Waals surface area (Å²) in [5.74, 6) is 0.413. The maximum Gasteiger partial charge on any atom is 0.139 e. The van der Waals surface area contributed by atoms with Crippen LogP contribution in [0.3, 0.4) is 0 Å². The summed E-state index contributed by atoms with van der Waals surface area (Å²) in [6.07, 6.45) is 8.11. The summed E-state index contributed by atoms with van der Waals surface area (Å²) in [6.45, 7) is 3.10. The summed E-state index contributed by atoms with van der Waals surface area (Å²) in [4.78, 5) is 2.36. The summed E-state index contributed by atoms with van der Waals surface area (Å²) >= 11 is 0. The zero-order chi connectivity index (χ0) is 17.1. The van der Waals surface area contributed by atoms with Gasteiger partial charge in [0.25, 0.3) is 0 Å². The van der Waals surface area contributed by atoms with E-state index in [2.05, 4.69) is 58.1 Å². The van der Waals surface area contributed by atoms with Crippen molar-refractivity contribution in [2.24, 2.45) is 0 Å². The van der Waals surface area contributed by atoms with E-state index in [1.54, 1.807) is 0 Å². The number of anilines is 1. The quantitative estimate of drug-likeness (QED) is 0.713. The smallest absolute Gasteiger partial charge is 0.139 e. The summed E-state index contributed by atoms with van der Waals surface area (Å²) in [7, 11) is 0. The van der Waals surface area contributed by atoms with Crippen molar-refractivity contribution in [1.82, 2.24) is 4.57 Å². The van der Waals surface area contributed by atoms with Gasteiger partial charge in [-0.3, -0.25) is 0 Å². The molecule has 1 N–H and O–H groups in total. The Kier molecular flexibility index (Phi) is 4.64. The first-order valence-electron chi connectivity index (χ1n) is 9.42. The summed E-state index contributed by atoms with van der Waals surface area (Å²) in [6, 6.07) is 16.8. The van der Waals surface area contributed by atoms with Gasteiger partial charge < -0.3 is 14.6 Å². The zero-order valence-corrected chi connectivity index (χ0v) is 14.7. The van der Waals surface area contributed by atoms with E-state index < -0.39 is 0 Å². The number of piperidine rings is 1. The lowest BCUT2D eigenvalue weighted by atomic mass is 10.1. The number of nitrogens with zero attached hydrogens (tertiary/aromatic N) is 2. The van der Waals surface area contributed by atoms with Crippen molar-refractivity contribution in [3.63, 3.8) is 0 Å². The van der Waals surface area contributed by atoms with Gasteiger partial charge in [0, 0.05) is 31.2 Å². The minimum absolute atomic E-state index is 0.413. The third kappa shape index (κ3) is 3.37. The number of phenols is 1. The van der Waals surface area contributed by atoms with Crippen LogP contribution in [0.15, 0.2) is 54.7 Å². The molecule has 4 rings (SSSR count). The van der Waals surface area contributed by atoms with Crippen LogP contribution >= 0.6 is 0 Å². The fourth-order valence-corrected chi connectivity index (χ4v) is 3.99. The van der Waals surface area contributed by atoms with Crippen LogP contribution in [-0.2, 0) is 13.0 Å². The van der Waals surface area contributed by atoms with Crippen LogP contribution < -0.4 is 4.90 Å². The molecule has 1 aromatic heterocycles. The molecule has 130 valence electrons. The molecule has 0 aliphatic carbocycles. The third-order valence-corrected chi connectivity index (χ3v) is 5.28. The number of fused-ring (bicyclic) bond motifs is 1. The lowest BCUT2D eigenvalue weighted by Crippen LogP contribution is -2.29. The molecule has 2 aromatic carbocycles. The molecule has 0 spiro atoms. The minimum atomic E-state index is 0.413. The first kappa shape index (κ1) is 16.1. The Labute approximate surface area is 149 Å². The zero-order valence-electron chi connectivity index (χ0n) is 14.7. The molecule has 3 nitrogen and oxygen atoms in total. The van der Waals surface area contributed by atoms with Crippen LogP contribution in [0.4, 0.5) is 5.69 Å². The number of aromatic nitrogens is 1. The van der Waals surface area contributed by atoms with Gasteiger partial charge in [-0.2, -0.15) is 0 Å². The fourth-order valence-electron chi connectivity index (χ4n) is 3.99. The van der Waals surface area contributed by atoms with E-state index >= 15 is 0 Å². The molecule has 0 saturated carbocycles. The van der Waals surface area contributed by atoms with Crippen molar-refractivity contribution < 1.29 is 5.11 Å². The maximum absolute atomic E-state index is 10.4. The number of rotatable bonds is 5. The van der Waals surface area contributed by atoms with E-state index in [9.17, 15) is 5.11 Å². The van der Waals surface area contributed by atoms with Gasteiger partial charge in [-0.05, 0) is 55.9 Å². The molecule has 0 unspecified atom stereocenters. The van der Waals surface area contributed by atoms with Crippen molar-refractivity contribution in [2.75, 3.05) is 18.0 Å². The molecule has 1 saturated heterocycles. The van der Waals surface area contributed by atoms with Crippen molar-refractivity contribution in [2.45, 2.75) is 38.6 Å². The van der Waals surface area contributed by atoms with Crippen molar-refractivity contribution >= 4 is 16.6 Å². The average molecular weight is 334 g/mol. The van der Waals surface area contributed by atoms with Gasteiger partial charge in [0.1, 0.15) is 5.75 Å². The molecule has 25 heavy (non-hydrogen) atoms. The van der Waals surface area contributed by atoms with E-state index in [1.165, 1.54) is 35.7 Å². The Morgan fingerprint density at radius 2 is 1.68 bits per heavy atom. The SMILES string of the molecule is Oc1ccc2c(ccn2CCCc2ccccc2)c1N1CCCCC1. The van der Waals surface area contributed by atoms with Crippen molar-refractivity contribution in [1.29, 1.82) is 0 Å². The van der Waals surface area contributed by atoms with E-state index in [0.29, 0.717) is 5.75 Å². The van der Waals surface area contributed by atoms with Gasteiger partial charge in [0.05, 0.1) is 11.2 Å². The number of hydrogen-bond donors (Lipinski definition) is 1. The molecule has 0 amide bonds. The van der Waals surface area contributed by atoms with Gasteiger partial charge in [0.15, 0.2) is 0 Å². The Morgan fingerprint density at radius 1 is 0.880 bits per heavy atom. The number of aryl methyl sites for hydroxylation is 2. The Balaban J connectivity index is 1.55. The molecular formula is C22H26N2O. The Morgan fingerprint density at radius 3 is 2.48 bits per heavy atom. The molecule has 0 radical (unpaired) electrons. The molecule has 0 bridgehead atoms. The molecule has 1 aliphatic heterocycles. The van der Waals surface area contributed by atoms with Crippen LogP contribution in [0.2, 0.25) is 0 Å². The van der Waals surface area contributed by atoms with Gasteiger partial charge in [0.2, 0.25) is 0 Å². The first-order valence-corrected chi connectivity index (χ1v) is 9.42. The molecule has 1 fully saturated rings. The van der Waals surface area contributed by atoms with Crippen molar-refractivity contribution in [3.05, 3.63) is 60.3 Å². The average Bonchev–Trinajstić information content (AvgIpc) is 3.06. The second-order valence-electron chi connectivity index (χ2n) is 7.01. The van der Waals surface area contributed by atoms with Gasteiger partial charge >= 0.3 is 0 Å². The molecule has 3 aromatic rings. The predicted octanol–water partition coefficient (Wildman–Crippen LogP) is 4.97. The number of phenolic OH excluding ortho intramolecular Hbond substituents is 1. The Hall–Kier alpha value is -2.42. The molecule has 1 aliphatic rings. The lowest BCUT2D eigenvalue weighted by molar-refractivity contribution is 0.470. The fraction of sp³-hybridized carbons (Fsp3) is 0.364. The molecular weight excluding hydrogens is 308 g/mol. The largest absolute Gasteiger partial charge is 0.506 e. The third-order valence-electron chi connectivity index (χ3n) is 5.28. The van der Waals surface area contributed by atoms with Gasteiger partial charge in [-0.25, -0.2) is 0 Å². The highest BCUT2D eigenvalue weighted by Crippen LogP contribution is 2.37. The predicted molar refractivity (Wildman–Crippen MR) is 104 cm³/mol. The number of aromatic hydroxyl groups is 1. The van der Waals surface area contributed by atoms with Gasteiger partial charge in [-0.1, -0.05) is 30.3 Å². The Bertz CT molecular complexity index is 832. The summed E-state index contributed by atoms with van der Waals surface area (Å²) < 4.78 is 2.32. The van der Waals surface area contributed by atoms with E-state index in [0.717, 1.165) is 38.2 Å². The maximum atomic E-state index is 10.4. The van der Waals surface area contributed by atoms with E-state index in [1.807, 2.05) is 6.07 Å².